The molecule has 0 aliphatic rings. The minimum absolute atomic E-state index is 0.231. The van der Waals surface area contributed by atoms with E-state index in [1.165, 1.54) is 6.07 Å². The average Bonchev–Trinajstić information content (AvgIpc) is 2.85. The van der Waals surface area contributed by atoms with Crippen molar-refractivity contribution in [3.8, 4) is 22.5 Å². The van der Waals surface area contributed by atoms with Crippen LogP contribution in [0.2, 0.25) is 0 Å². The van der Waals surface area contributed by atoms with Crippen LogP contribution >= 0.6 is 0 Å². The minimum atomic E-state index is -0.231. The Morgan fingerprint density at radius 2 is 1.71 bits per heavy atom. The Hall–Kier alpha value is -2.42. The molecule has 0 atom stereocenters. The van der Waals surface area contributed by atoms with Crippen LogP contribution in [-0.4, -0.2) is 9.55 Å². The van der Waals surface area contributed by atoms with Crippen molar-refractivity contribution in [2.24, 2.45) is 7.05 Å². The zero-order valence-electron chi connectivity index (χ0n) is 12.4. The Bertz CT molecular complexity index is 782. The van der Waals surface area contributed by atoms with Crippen LogP contribution in [-0.2, 0) is 7.05 Å². The normalized spacial score (nSPS) is 10.9. The maximum atomic E-state index is 13.8. The molecular formula is C18H17FN2. The molecule has 0 aliphatic carbocycles. The van der Waals surface area contributed by atoms with Gasteiger partial charge in [-0.1, -0.05) is 18.2 Å². The minimum Gasteiger partial charge on any atom is -0.334 e. The fourth-order valence-corrected chi connectivity index (χ4v) is 2.78. The molecule has 0 bridgehead atoms. The van der Waals surface area contributed by atoms with E-state index >= 15 is 0 Å². The van der Waals surface area contributed by atoms with Crippen LogP contribution in [0.3, 0.4) is 0 Å². The van der Waals surface area contributed by atoms with Crippen molar-refractivity contribution in [1.29, 1.82) is 0 Å². The van der Waals surface area contributed by atoms with Gasteiger partial charge in [-0.2, -0.15) is 0 Å². The van der Waals surface area contributed by atoms with E-state index in [-0.39, 0.29) is 5.82 Å². The van der Waals surface area contributed by atoms with Gasteiger partial charge in [0, 0.05) is 25.0 Å². The van der Waals surface area contributed by atoms with Gasteiger partial charge >= 0.3 is 0 Å². The summed E-state index contributed by atoms with van der Waals surface area (Å²) in [4.78, 5) is 4.40. The summed E-state index contributed by atoms with van der Waals surface area (Å²) < 4.78 is 15.8. The van der Waals surface area contributed by atoms with E-state index in [4.69, 9.17) is 0 Å². The van der Waals surface area contributed by atoms with E-state index < -0.39 is 0 Å². The SMILES string of the molecule is Cc1cccc(C)c1-c1cc(F)ccc1-c1nccn1C. The number of aromatic nitrogens is 2. The molecule has 1 aromatic heterocycles. The number of hydrogen-bond acceptors (Lipinski definition) is 1. The Morgan fingerprint density at radius 3 is 2.33 bits per heavy atom. The molecule has 1 heterocycles. The summed E-state index contributed by atoms with van der Waals surface area (Å²) in [6.45, 7) is 4.10. The average molecular weight is 280 g/mol. The van der Waals surface area contributed by atoms with Gasteiger partial charge in [0.15, 0.2) is 0 Å². The highest BCUT2D eigenvalue weighted by Crippen LogP contribution is 2.35. The van der Waals surface area contributed by atoms with Gasteiger partial charge in [-0.25, -0.2) is 9.37 Å². The molecule has 2 nitrogen and oxygen atoms in total. The number of aryl methyl sites for hydroxylation is 3. The molecule has 0 saturated heterocycles. The van der Waals surface area contributed by atoms with E-state index in [9.17, 15) is 4.39 Å². The molecule has 3 rings (SSSR count). The second kappa shape index (κ2) is 5.17. The van der Waals surface area contributed by atoms with Gasteiger partial charge < -0.3 is 4.57 Å². The Kier molecular flexibility index (Phi) is 3.34. The highest BCUT2D eigenvalue weighted by Gasteiger charge is 2.15. The fourth-order valence-electron chi connectivity index (χ4n) is 2.78. The lowest BCUT2D eigenvalue weighted by Gasteiger charge is -2.15. The Balaban J connectivity index is 2.33. The van der Waals surface area contributed by atoms with Gasteiger partial charge in [0.2, 0.25) is 0 Å². The maximum Gasteiger partial charge on any atom is 0.140 e. The second-order valence-corrected chi connectivity index (χ2v) is 5.32. The van der Waals surface area contributed by atoms with Crippen molar-refractivity contribution in [2.75, 3.05) is 0 Å². The van der Waals surface area contributed by atoms with E-state index in [0.717, 1.165) is 33.6 Å². The molecule has 0 unspecified atom stereocenters. The first-order chi connectivity index (χ1) is 10.1. The van der Waals surface area contributed by atoms with Crippen LogP contribution in [0, 0.1) is 19.7 Å². The molecule has 21 heavy (non-hydrogen) atoms. The Labute approximate surface area is 123 Å². The number of hydrogen-bond donors (Lipinski definition) is 0. The maximum absolute atomic E-state index is 13.8. The first-order valence-corrected chi connectivity index (χ1v) is 6.92. The third-order valence-corrected chi connectivity index (χ3v) is 3.79. The third kappa shape index (κ3) is 2.35. The molecule has 2 aromatic carbocycles. The summed E-state index contributed by atoms with van der Waals surface area (Å²) in [6, 6.07) is 11.0. The van der Waals surface area contributed by atoms with Crippen LogP contribution in [0.4, 0.5) is 4.39 Å². The number of benzene rings is 2. The van der Waals surface area contributed by atoms with E-state index in [0.29, 0.717) is 0 Å². The topological polar surface area (TPSA) is 17.8 Å². The zero-order valence-corrected chi connectivity index (χ0v) is 12.4. The van der Waals surface area contributed by atoms with Gasteiger partial charge in [-0.15, -0.1) is 0 Å². The molecule has 0 spiro atoms. The summed E-state index contributed by atoms with van der Waals surface area (Å²) in [7, 11) is 1.94. The van der Waals surface area contributed by atoms with Crippen molar-refractivity contribution >= 4 is 0 Å². The lowest BCUT2D eigenvalue weighted by Crippen LogP contribution is -1.97. The molecule has 106 valence electrons. The van der Waals surface area contributed by atoms with Gasteiger partial charge in [-0.05, 0) is 54.3 Å². The summed E-state index contributed by atoms with van der Waals surface area (Å²) in [5.41, 5.74) is 5.18. The summed E-state index contributed by atoms with van der Waals surface area (Å²) in [6.07, 6.45) is 3.65. The van der Waals surface area contributed by atoms with Crippen LogP contribution in [0.5, 0.6) is 0 Å². The molecular weight excluding hydrogens is 263 g/mol. The summed E-state index contributed by atoms with van der Waals surface area (Å²) in [5, 5.41) is 0. The van der Waals surface area contributed by atoms with Gasteiger partial charge in [0.1, 0.15) is 11.6 Å². The molecule has 3 aromatic rings. The smallest absolute Gasteiger partial charge is 0.140 e. The lowest BCUT2D eigenvalue weighted by atomic mass is 9.92. The van der Waals surface area contributed by atoms with Crippen molar-refractivity contribution < 1.29 is 4.39 Å². The first kappa shape index (κ1) is 13.6. The van der Waals surface area contributed by atoms with E-state index in [1.807, 2.05) is 23.9 Å². The van der Waals surface area contributed by atoms with Gasteiger partial charge in [0.25, 0.3) is 0 Å². The number of imidazole rings is 1. The number of nitrogens with zero attached hydrogens (tertiary/aromatic N) is 2. The highest BCUT2D eigenvalue weighted by molar-refractivity contribution is 5.84. The lowest BCUT2D eigenvalue weighted by molar-refractivity contribution is 0.628. The van der Waals surface area contributed by atoms with Crippen molar-refractivity contribution in [3.05, 3.63) is 65.7 Å². The molecule has 0 aliphatic heterocycles. The second-order valence-electron chi connectivity index (χ2n) is 5.32. The summed E-state index contributed by atoms with van der Waals surface area (Å²) >= 11 is 0. The van der Waals surface area contributed by atoms with Crippen LogP contribution in [0.1, 0.15) is 11.1 Å². The molecule has 0 radical (unpaired) electrons. The first-order valence-electron chi connectivity index (χ1n) is 6.92. The molecule has 0 N–H and O–H groups in total. The highest BCUT2D eigenvalue weighted by atomic mass is 19.1. The van der Waals surface area contributed by atoms with Crippen LogP contribution < -0.4 is 0 Å². The number of halogens is 1. The number of rotatable bonds is 2. The van der Waals surface area contributed by atoms with Crippen molar-refractivity contribution in [1.82, 2.24) is 9.55 Å². The van der Waals surface area contributed by atoms with Crippen molar-refractivity contribution in [2.45, 2.75) is 13.8 Å². The van der Waals surface area contributed by atoms with E-state index in [2.05, 4.69) is 31.0 Å². The summed E-state index contributed by atoms with van der Waals surface area (Å²) in [5.74, 6) is 0.610. The molecule has 0 amide bonds. The van der Waals surface area contributed by atoms with Gasteiger partial charge in [0.05, 0.1) is 0 Å². The predicted molar refractivity (Wildman–Crippen MR) is 83.5 cm³/mol. The molecule has 0 fully saturated rings. The van der Waals surface area contributed by atoms with Crippen LogP contribution in [0.25, 0.3) is 22.5 Å². The third-order valence-electron chi connectivity index (χ3n) is 3.79. The van der Waals surface area contributed by atoms with Crippen LogP contribution in [0.15, 0.2) is 48.8 Å². The zero-order chi connectivity index (χ0) is 15.0. The van der Waals surface area contributed by atoms with E-state index in [1.54, 1.807) is 18.3 Å². The van der Waals surface area contributed by atoms with Gasteiger partial charge in [-0.3, -0.25) is 0 Å². The molecule has 0 saturated carbocycles. The molecule has 3 heteroatoms. The fraction of sp³-hybridized carbons (Fsp3) is 0.167. The predicted octanol–water partition coefficient (Wildman–Crippen LogP) is 4.51. The standard InChI is InChI=1S/C18H17FN2/c1-12-5-4-6-13(2)17(12)16-11-14(19)7-8-15(16)18-20-9-10-21(18)3/h4-11H,1-3H3. The Morgan fingerprint density at radius 1 is 1.00 bits per heavy atom. The largest absolute Gasteiger partial charge is 0.334 e. The van der Waals surface area contributed by atoms with Crippen molar-refractivity contribution in [3.63, 3.8) is 0 Å². The monoisotopic (exact) mass is 280 g/mol. The quantitative estimate of drug-likeness (QED) is 0.675.